The van der Waals surface area contributed by atoms with E-state index in [-0.39, 0.29) is 28.1 Å². The molecular formula is C26H23N5O6S2. The quantitative estimate of drug-likeness (QED) is 0.168. The van der Waals surface area contributed by atoms with Crippen LogP contribution in [0, 0.1) is 6.92 Å². The zero-order chi connectivity index (χ0) is 27.8. The number of hydrazone groups is 1. The second-order valence-electron chi connectivity index (χ2n) is 8.08. The molecule has 0 saturated carbocycles. The normalized spacial score (nSPS) is 11.2. The molecule has 0 spiro atoms. The van der Waals surface area contributed by atoms with Crippen LogP contribution in [0.25, 0.3) is 0 Å². The van der Waals surface area contributed by atoms with Crippen LogP contribution in [0.2, 0.25) is 0 Å². The van der Waals surface area contributed by atoms with Gasteiger partial charge in [0.2, 0.25) is 11.0 Å². The van der Waals surface area contributed by atoms with Crippen LogP contribution in [0.4, 0.5) is 5.13 Å². The minimum absolute atomic E-state index is 0.0413. The number of hydrogen-bond donors (Lipinski definition) is 2. The summed E-state index contributed by atoms with van der Waals surface area (Å²) in [6.07, 6.45) is 1.25. The van der Waals surface area contributed by atoms with Crippen molar-refractivity contribution in [2.24, 2.45) is 5.10 Å². The molecule has 0 radical (unpaired) electrons. The van der Waals surface area contributed by atoms with Crippen LogP contribution >= 0.6 is 11.3 Å². The van der Waals surface area contributed by atoms with Crippen LogP contribution < -0.4 is 19.7 Å². The van der Waals surface area contributed by atoms with Crippen LogP contribution in [-0.4, -0.2) is 43.8 Å². The van der Waals surface area contributed by atoms with Crippen LogP contribution in [0.1, 0.15) is 26.5 Å². The number of anilines is 1. The number of nitrogens with one attached hydrogen (secondary N) is 2. The third-order valence-corrected chi connectivity index (χ3v) is 7.23. The van der Waals surface area contributed by atoms with E-state index in [9.17, 15) is 18.0 Å². The average Bonchev–Trinajstić information content (AvgIpc) is 3.35. The number of amides is 2. The summed E-state index contributed by atoms with van der Waals surface area (Å²) < 4.78 is 35.3. The predicted molar refractivity (Wildman–Crippen MR) is 146 cm³/mol. The van der Waals surface area contributed by atoms with Gasteiger partial charge in [0.15, 0.2) is 0 Å². The summed E-state index contributed by atoms with van der Waals surface area (Å²) in [7, 11) is -2.46. The third-order valence-electron chi connectivity index (χ3n) is 5.13. The second-order valence-corrected chi connectivity index (χ2v) is 10.7. The summed E-state index contributed by atoms with van der Waals surface area (Å²) >= 11 is 1.06. The first-order valence-corrected chi connectivity index (χ1v) is 13.7. The van der Waals surface area contributed by atoms with Gasteiger partial charge in [-0.3, -0.25) is 14.9 Å². The molecule has 0 bridgehead atoms. The molecule has 2 N–H and O–H groups in total. The minimum atomic E-state index is -4.00. The van der Waals surface area contributed by atoms with E-state index in [0.717, 1.165) is 16.9 Å². The van der Waals surface area contributed by atoms with Crippen molar-refractivity contribution in [2.45, 2.75) is 18.2 Å². The van der Waals surface area contributed by atoms with Crippen molar-refractivity contribution in [3.05, 3.63) is 94.5 Å². The van der Waals surface area contributed by atoms with E-state index in [0.29, 0.717) is 21.9 Å². The Hall–Kier alpha value is -4.62. The standard InChI is InChI=1S/C26H23N5O6S2/c1-17-6-12-22(13-7-17)39(34,35)37-21-5-3-4-18(14-21)16-27-29-23(32)15-24-30-31-26(38-24)28-25(33)19-8-10-20(36-2)11-9-19/h3-14,16H,15H2,1-2H3,(H,29,32)(H,28,31,33). The molecule has 200 valence electrons. The van der Waals surface area contributed by atoms with Gasteiger partial charge in [-0.25, -0.2) is 5.43 Å². The summed E-state index contributed by atoms with van der Waals surface area (Å²) in [5, 5.41) is 15.0. The summed E-state index contributed by atoms with van der Waals surface area (Å²) in [6.45, 7) is 1.86. The molecule has 0 saturated heterocycles. The van der Waals surface area contributed by atoms with Gasteiger partial charge in [-0.1, -0.05) is 41.2 Å². The Morgan fingerprint density at radius 1 is 1.00 bits per heavy atom. The van der Waals surface area contributed by atoms with Crippen molar-refractivity contribution >= 4 is 44.6 Å². The van der Waals surface area contributed by atoms with Gasteiger partial charge in [0.05, 0.1) is 19.7 Å². The van der Waals surface area contributed by atoms with Crippen molar-refractivity contribution in [1.82, 2.24) is 15.6 Å². The number of carbonyl (C=O) groups excluding carboxylic acids is 2. The van der Waals surface area contributed by atoms with Crippen LogP contribution in [-0.2, 0) is 21.3 Å². The molecule has 4 rings (SSSR count). The highest BCUT2D eigenvalue weighted by atomic mass is 32.2. The van der Waals surface area contributed by atoms with Gasteiger partial charge < -0.3 is 8.92 Å². The molecule has 0 aliphatic rings. The summed E-state index contributed by atoms with van der Waals surface area (Å²) in [4.78, 5) is 24.7. The molecule has 0 unspecified atom stereocenters. The molecule has 2 amide bonds. The molecular weight excluding hydrogens is 542 g/mol. The number of rotatable bonds is 10. The Balaban J connectivity index is 1.29. The third kappa shape index (κ3) is 7.69. The number of aromatic nitrogens is 2. The SMILES string of the molecule is COc1ccc(C(=O)Nc2nnc(CC(=O)NN=Cc3cccc(OS(=O)(=O)c4ccc(C)cc4)c3)s2)cc1. The summed E-state index contributed by atoms with van der Waals surface area (Å²) in [5.74, 6) is -0.0912. The topological polar surface area (TPSA) is 149 Å². The Labute approximate surface area is 228 Å². The molecule has 1 heterocycles. The smallest absolute Gasteiger partial charge is 0.339 e. The maximum absolute atomic E-state index is 12.5. The first-order valence-electron chi connectivity index (χ1n) is 11.4. The monoisotopic (exact) mass is 565 g/mol. The lowest BCUT2D eigenvalue weighted by Crippen LogP contribution is -2.19. The van der Waals surface area contributed by atoms with Crippen molar-refractivity contribution in [3.63, 3.8) is 0 Å². The highest BCUT2D eigenvalue weighted by Gasteiger charge is 2.16. The summed E-state index contributed by atoms with van der Waals surface area (Å²) in [5.41, 5.74) is 4.23. The van der Waals surface area contributed by atoms with Gasteiger partial charge in [-0.15, -0.1) is 10.2 Å². The Kier molecular flexibility index (Phi) is 8.63. The second kappa shape index (κ2) is 12.3. The number of benzene rings is 3. The predicted octanol–water partition coefficient (Wildman–Crippen LogP) is 3.57. The van der Waals surface area contributed by atoms with Gasteiger partial charge >= 0.3 is 10.1 Å². The molecule has 0 aliphatic heterocycles. The number of nitrogens with zero attached hydrogens (tertiary/aromatic N) is 3. The number of aryl methyl sites for hydroxylation is 1. The van der Waals surface area contributed by atoms with Crippen molar-refractivity contribution in [2.75, 3.05) is 12.4 Å². The molecule has 3 aromatic carbocycles. The fraction of sp³-hybridized carbons (Fsp3) is 0.115. The number of ether oxygens (including phenoxy) is 1. The van der Waals surface area contributed by atoms with E-state index in [2.05, 4.69) is 26.0 Å². The van der Waals surface area contributed by atoms with E-state index >= 15 is 0 Å². The van der Waals surface area contributed by atoms with Gasteiger partial charge in [-0.05, 0) is 61.0 Å². The van der Waals surface area contributed by atoms with Crippen molar-refractivity contribution in [1.29, 1.82) is 0 Å². The molecule has 0 atom stereocenters. The lowest BCUT2D eigenvalue weighted by Gasteiger charge is -2.07. The average molecular weight is 566 g/mol. The van der Waals surface area contributed by atoms with Crippen LogP contribution in [0.3, 0.4) is 0 Å². The minimum Gasteiger partial charge on any atom is -0.497 e. The molecule has 4 aromatic rings. The number of hydrogen-bond acceptors (Lipinski definition) is 10. The van der Waals surface area contributed by atoms with Gasteiger partial charge in [0.1, 0.15) is 21.4 Å². The highest BCUT2D eigenvalue weighted by molar-refractivity contribution is 7.87. The van der Waals surface area contributed by atoms with E-state index in [1.165, 1.54) is 37.6 Å². The molecule has 11 nitrogen and oxygen atoms in total. The van der Waals surface area contributed by atoms with Crippen molar-refractivity contribution < 1.29 is 26.9 Å². The van der Waals surface area contributed by atoms with Gasteiger partial charge in [0.25, 0.3) is 5.91 Å². The van der Waals surface area contributed by atoms with E-state index < -0.39 is 16.0 Å². The van der Waals surface area contributed by atoms with Crippen LogP contribution in [0.15, 0.2) is 82.8 Å². The first kappa shape index (κ1) is 27.4. The maximum Gasteiger partial charge on any atom is 0.339 e. The molecule has 0 aliphatic carbocycles. The lowest BCUT2D eigenvalue weighted by molar-refractivity contribution is -0.120. The zero-order valence-electron chi connectivity index (χ0n) is 20.8. The Morgan fingerprint density at radius 2 is 1.74 bits per heavy atom. The molecule has 39 heavy (non-hydrogen) atoms. The Bertz CT molecular complexity index is 1600. The van der Waals surface area contributed by atoms with Gasteiger partial charge in [0, 0.05) is 5.56 Å². The molecule has 0 fully saturated rings. The van der Waals surface area contributed by atoms with Crippen LogP contribution in [0.5, 0.6) is 11.5 Å². The fourth-order valence-electron chi connectivity index (χ4n) is 3.17. The van der Waals surface area contributed by atoms with Crippen molar-refractivity contribution in [3.8, 4) is 11.5 Å². The lowest BCUT2D eigenvalue weighted by atomic mass is 10.2. The number of methoxy groups -OCH3 is 1. The van der Waals surface area contributed by atoms with Gasteiger partial charge in [-0.2, -0.15) is 13.5 Å². The number of carbonyl (C=O) groups is 2. The van der Waals surface area contributed by atoms with E-state index in [4.69, 9.17) is 8.92 Å². The molecule has 1 aromatic heterocycles. The zero-order valence-corrected chi connectivity index (χ0v) is 22.5. The Morgan fingerprint density at radius 3 is 2.46 bits per heavy atom. The van der Waals surface area contributed by atoms with E-state index in [1.54, 1.807) is 48.5 Å². The molecule has 13 heteroatoms. The largest absolute Gasteiger partial charge is 0.497 e. The fourth-order valence-corrected chi connectivity index (χ4v) is 4.83. The highest BCUT2D eigenvalue weighted by Crippen LogP contribution is 2.20. The first-order chi connectivity index (χ1) is 18.7. The summed E-state index contributed by atoms with van der Waals surface area (Å²) in [6, 6.07) is 19.1. The maximum atomic E-state index is 12.5. The van der Waals surface area contributed by atoms with E-state index in [1.807, 2.05) is 6.92 Å².